The standard InChI is InChI=1S/C12H12BrN3O2/c1-16-12(8-3-2-6-14-7-8)11(13)9(15-16)4-5-10(17)18/h2-3,6-7H,4-5H2,1H3,(H,17,18). The van der Waals surface area contributed by atoms with E-state index in [2.05, 4.69) is 26.0 Å². The third-order valence-corrected chi connectivity index (χ3v) is 3.40. The first kappa shape index (κ1) is 12.8. The van der Waals surface area contributed by atoms with Gasteiger partial charge in [-0.1, -0.05) is 0 Å². The van der Waals surface area contributed by atoms with E-state index in [1.165, 1.54) is 0 Å². The SMILES string of the molecule is Cn1nc(CCC(=O)O)c(Br)c1-c1cccnc1. The molecule has 2 aromatic heterocycles. The molecule has 0 fully saturated rings. The molecule has 0 radical (unpaired) electrons. The van der Waals surface area contributed by atoms with E-state index in [9.17, 15) is 4.79 Å². The van der Waals surface area contributed by atoms with Gasteiger partial charge in [0, 0.05) is 31.4 Å². The van der Waals surface area contributed by atoms with E-state index >= 15 is 0 Å². The summed E-state index contributed by atoms with van der Waals surface area (Å²) in [6.07, 6.45) is 3.94. The Balaban J connectivity index is 2.35. The van der Waals surface area contributed by atoms with Crippen LogP contribution in [0.4, 0.5) is 0 Å². The molecule has 94 valence electrons. The molecule has 2 rings (SSSR count). The Bertz CT molecular complexity index is 566. The minimum Gasteiger partial charge on any atom is -0.481 e. The molecule has 0 aliphatic heterocycles. The average molecular weight is 310 g/mol. The van der Waals surface area contributed by atoms with Gasteiger partial charge in [-0.3, -0.25) is 14.5 Å². The largest absolute Gasteiger partial charge is 0.481 e. The lowest BCUT2D eigenvalue weighted by Crippen LogP contribution is -1.99. The quantitative estimate of drug-likeness (QED) is 0.940. The van der Waals surface area contributed by atoms with Crippen LogP contribution >= 0.6 is 15.9 Å². The molecule has 0 aliphatic carbocycles. The van der Waals surface area contributed by atoms with Crippen LogP contribution in [-0.4, -0.2) is 25.8 Å². The molecule has 0 atom stereocenters. The molecule has 0 unspecified atom stereocenters. The van der Waals surface area contributed by atoms with Crippen molar-refractivity contribution in [2.24, 2.45) is 7.05 Å². The maximum atomic E-state index is 10.6. The summed E-state index contributed by atoms with van der Waals surface area (Å²) >= 11 is 3.48. The maximum absolute atomic E-state index is 10.6. The van der Waals surface area contributed by atoms with Crippen molar-refractivity contribution in [3.05, 3.63) is 34.7 Å². The molecule has 0 saturated heterocycles. The van der Waals surface area contributed by atoms with E-state index in [-0.39, 0.29) is 6.42 Å². The molecule has 2 heterocycles. The van der Waals surface area contributed by atoms with Crippen LogP contribution in [0.2, 0.25) is 0 Å². The first-order valence-corrected chi connectivity index (χ1v) is 6.22. The third kappa shape index (κ3) is 2.59. The molecule has 18 heavy (non-hydrogen) atoms. The zero-order chi connectivity index (χ0) is 13.1. The number of pyridine rings is 1. The van der Waals surface area contributed by atoms with Crippen LogP contribution in [0.15, 0.2) is 29.0 Å². The van der Waals surface area contributed by atoms with Crippen LogP contribution in [0.5, 0.6) is 0 Å². The number of aromatic nitrogens is 3. The summed E-state index contributed by atoms with van der Waals surface area (Å²) in [6, 6.07) is 3.79. The summed E-state index contributed by atoms with van der Waals surface area (Å²) in [7, 11) is 1.83. The van der Waals surface area contributed by atoms with Gasteiger partial charge in [0.15, 0.2) is 0 Å². The Morgan fingerprint density at radius 3 is 2.94 bits per heavy atom. The normalized spacial score (nSPS) is 10.6. The fourth-order valence-electron chi connectivity index (χ4n) is 1.76. The predicted octanol–water partition coefficient (Wildman–Crippen LogP) is 2.26. The van der Waals surface area contributed by atoms with Gasteiger partial charge in [-0.05, 0) is 28.1 Å². The van der Waals surface area contributed by atoms with Crippen LogP contribution in [0.1, 0.15) is 12.1 Å². The van der Waals surface area contributed by atoms with E-state index in [4.69, 9.17) is 5.11 Å². The summed E-state index contributed by atoms with van der Waals surface area (Å²) in [4.78, 5) is 14.7. The first-order valence-electron chi connectivity index (χ1n) is 5.43. The van der Waals surface area contributed by atoms with Gasteiger partial charge < -0.3 is 5.11 Å². The van der Waals surface area contributed by atoms with Crippen molar-refractivity contribution in [1.29, 1.82) is 0 Å². The highest BCUT2D eigenvalue weighted by atomic mass is 79.9. The number of carboxylic acid groups (broad SMARTS) is 1. The van der Waals surface area contributed by atoms with Crippen molar-refractivity contribution >= 4 is 21.9 Å². The molecule has 6 heteroatoms. The molecule has 1 N–H and O–H groups in total. The van der Waals surface area contributed by atoms with Gasteiger partial charge in [-0.25, -0.2) is 0 Å². The number of rotatable bonds is 4. The number of carboxylic acids is 1. The van der Waals surface area contributed by atoms with Gasteiger partial charge in [0.25, 0.3) is 0 Å². The molecule has 0 spiro atoms. The molecular formula is C12H12BrN3O2. The van der Waals surface area contributed by atoms with Crippen LogP contribution < -0.4 is 0 Å². The van der Waals surface area contributed by atoms with Crippen molar-refractivity contribution in [1.82, 2.24) is 14.8 Å². The number of aryl methyl sites for hydroxylation is 2. The number of hydrogen-bond donors (Lipinski definition) is 1. The molecule has 0 bridgehead atoms. The van der Waals surface area contributed by atoms with Crippen LogP contribution in [0.25, 0.3) is 11.3 Å². The van der Waals surface area contributed by atoms with Gasteiger partial charge in [0.2, 0.25) is 0 Å². The molecule has 0 aliphatic rings. The molecule has 5 nitrogen and oxygen atoms in total. The fourth-order valence-corrected chi connectivity index (χ4v) is 2.52. The second-order valence-electron chi connectivity index (χ2n) is 3.87. The summed E-state index contributed by atoms with van der Waals surface area (Å²) in [5, 5.41) is 13.0. The smallest absolute Gasteiger partial charge is 0.303 e. The number of nitrogens with zero attached hydrogens (tertiary/aromatic N) is 3. The highest BCUT2D eigenvalue weighted by molar-refractivity contribution is 9.10. The summed E-state index contributed by atoms with van der Waals surface area (Å²) < 4.78 is 2.57. The van der Waals surface area contributed by atoms with E-state index in [0.717, 1.165) is 21.4 Å². The van der Waals surface area contributed by atoms with Gasteiger partial charge in [0.05, 0.1) is 22.3 Å². The Kier molecular flexibility index (Phi) is 3.76. The van der Waals surface area contributed by atoms with Crippen molar-refractivity contribution in [3.8, 4) is 11.3 Å². The number of carbonyl (C=O) groups is 1. The molecular weight excluding hydrogens is 298 g/mol. The summed E-state index contributed by atoms with van der Waals surface area (Å²) in [5.41, 5.74) is 2.60. The van der Waals surface area contributed by atoms with E-state index in [0.29, 0.717) is 6.42 Å². The highest BCUT2D eigenvalue weighted by Crippen LogP contribution is 2.30. The predicted molar refractivity (Wildman–Crippen MR) is 70.1 cm³/mol. The zero-order valence-electron chi connectivity index (χ0n) is 9.80. The van der Waals surface area contributed by atoms with Crippen LogP contribution in [0.3, 0.4) is 0 Å². The Morgan fingerprint density at radius 1 is 1.56 bits per heavy atom. The van der Waals surface area contributed by atoms with E-state index in [1.54, 1.807) is 17.1 Å². The Hall–Kier alpha value is -1.69. The molecule has 0 aromatic carbocycles. The van der Waals surface area contributed by atoms with Gasteiger partial charge in [-0.2, -0.15) is 5.10 Å². The molecule has 0 saturated carbocycles. The fraction of sp³-hybridized carbons (Fsp3) is 0.250. The van der Waals surface area contributed by atoms with E-state index < -0.39 is 5.97 Å². The number of aliphatic carboxylic acids is 1. The minimum atomic E-state index is -0.824. The van der Waals surface area contributed by atoms with Crippen LogP contribution in [0, 0.1) is 0 Å². The second kappa shape index (κ2) is 5.30. The Morgan fingerprint density at radius 2 is 2.33 bits per heavy atom. The van der Waals surface area contributed by atoms with E-state index in [1.807, 2.05) is 19.2 Å². The maximum Gasteiger partial charge on any atom is 0.303 e. The molecule has 0 amide bonds. The van der Waals surface area contributed by atoms with Crippen molar-refractivity contribution < 1.29 is 9.90 Å². The lowest BCUT2D eigenvalue weighted by atomic mass is 10.1. The minimum absolute atomic E-state index is 0.0715. The summed E-state index contributed by atoms with van der Waals surface area (Å²) in [5.74, 6) is -0.824. The van der Waals surface area contributed by atoms with Gasteiger partial charge >= 0.3 is 5.97 Å². The summed E-state index contributed by atoms with van der Waals surface area (Å²) in [6.45, 7) is 0. The topological polar surface area (TPSA) is 68.0 Å². The van der Waals surface area contributed by atoms with Gasteiger partial charge in [-0.15, -0.1) is 0 Å². The monoisotopic (exact) mass is 309 g/mol. The first-order chi connectivity index (χ1) is 8.59. The van der Waals surface area contributed by atoms with Gasteiger partial charge in [0.1, 0.15) is 0 Å². The second-order valence-corrected chi connectivity index (χ2v) is 4.66. The average Bonchev–Trinajstić information content (AvgIpc) is 2.63. The lowest BCUT2D eigenvalue weighted by molar-refractivity contribution is -0.136. The zero-order valence-corrected chi connectivity index (χ0v) is 11.4. The Labute approximate surface area is 113 Å². The van der Waals surface area contributed by atoms with Crippen molar-refractivity contribution in [2.75, 3.05) is 0 Å². The third-order valence-electron chi connectivity index (χ3n) is 2.57. The molecule has 2 aromatic rings. The van der Waals surface area contributed by atoms with Crippen LogP contribution in [-0.2, 0) is 18.3 Å². The lowest BCUT2D eigenvalue weighted by Gasteiger charge is -2.01. The number of hydrogen-bond acceptors (Lipinski definition) is 3. The van der Waals surface area contributed by atoms with Crippen molar-refractivity contribution in [2.45, 2.75) is 12.8 Å². The van der Waals surface area contributed by atoms with Crippen molar-refractivity contribution in [3.63, 3.8) is 0 Å². The highest BCUT2D eigenvalue weighted by Gasteiger charge is 2.16. The number of halogens is 1.